The highest BCUT2D eigenvalue weighted by Crippen LogP contribution is 2.29. The second kappa shape index (κ2) is 4.29. The Morgan fingerprint density at radius 2 is 2.29 bits per heavy atom. The van der Waals surface area contributed by atoms with Crippen molar-refractivity contribution in [2.45, 2.75) is 6.42 Å². The van der Waals surface area contributed by atoms with Crippen molar-refractivity contribution < 1.29 is 4.79 Å². The van der Waals surface area contributed by atoms with Gasteiger partial charge < -0.3 is 10.2 Å². The van der Waals surface area contributed by atoms with Gasteiger partial charge in [0.15, 0.2) is 0 Å². The second-order valence-corrected chi connectivity index (χ2v) is 4.82. The van der Waals surface area contributed by atoms with Crippen LogP contribution in [0.25, 0.3) is 0 Å². The van der Waals surface area contributed by atoms with Crippen molar-refractivity contribution in [1.29, 1.82) is 0 Å². The topological polar surface area (TPSA) is 32.3 Å². The van der Waals surface area contributed by atoms with Gasteiger partial charge in [0.2, 0.25) is 5.91 Å². The van der Waals surface area contributed by atoms with E-state index in [2.05, 4.69) is 5.32 Å². The van der Waals surface area contributed by atoms with Crippen LogP contribution in [0.4, 0.5) is 5.00 Å². The number of nitrogens with zero attached hydrogens (tertiary/aromatic N) is 1. The highest BCUT2D eigenvalue weighted by molar-refractivity contribution is 7.20. The monoisotopic (exact) mass is 230 g/mol. The van der Waals surface area contributed by atoms with Gasteiger partial charge in [0.25, 0.3) is 0 Å². The van der Waals surface area contributed by atoms with Gasteiger partial charge in [-0.2, -0.15) is 0 Å². The van der Waals surface area contributed by atoms with Gasteiger partial charge in [-0.15, -0.1) is 11.3 Å². The fourth-order valence-electron chi connectivity index (χ4n) is 1.45. The van der Waals surface area contributed by atoms with E-state index in [-0.39, 0.29) is 5.91 Å². The van der Waals surface area contributed by atoms with Crippen molar-refractivity contribution in [1.82, 2.24) is 5.32 Å². The molecule has 1 saturated heterocycles. The molecule has 1 aromatic heterocycles. The minimum atomic E-state index is 0.175. The molecule has 0 unspecified atom stereocenters. The SMILES string of the molecule is O=C1CCNCCN1c1ccc(Cl)s1. The van der Waals surface area contributed by atoms with Gasteiger partial charge in [-0.3, -0.25) is 4.79 Å². The summed E-state index contributed by atoms with van der Waals surface area (Å²) in [6, 6.07) is 3.73. The molecule has 1 N–H and O–H groups in total. The summed E-state index contributed by atoms with van der Waals surface area (Å²) in [6.07, 6.45) is 0.565. The van der Waals surface area contributed by atoms with Crippen LogP contribution in [0.1, 0.15) is 6.42 Å². The molecule has 1 amide bonds. The molecule has 1 aliphatic heterocycles. The largest absolute Gasteiger partial charge is 0.314 e. The Labute approximate surface area is 91.7 Å². The number of amides is 1. The zero-order valence-corrected chi connectivity index (χ0v) is 9.20. The zero-order chi connectivity index (χ0) is 9.97. The summed E-state index contributed by atoms with van der Waals surface area (Å²) in [5, 5.41) is 4.14. The number of rotatable bonds is 1. The summed E-state index contributed by atoms with van der Waals surface area (Å²) in [5.74, 6) is 0.175. The van der Waals surface area contributed by atoms with Crippen molar-refractivity contribution in [3.8, 4) is 0 Å². The van der Waals surface area contributed by atoms with Gasteiger partial charge >= 0.3 is 0 Å². The molecule has 0 aromatic carbocycles. The molecule has 5 heteroatoms. The molecule has 0 saturated carbocycles. The molecule has 1 aliphatic rings. The van der Waals surface area contributed by atoms with E-state index in [1.165, 1.54) is 11.3 Å². The van der Waals surface area contributed by atoms with E-state index in [1.54, 1.807) is 4.90 Å². The van der Waals surface area contributed by atoms with E-state index >= 15 is 0 Å². The van der Waals surface area contributed by atoms with Crippen molar-refractivity contribution in [2.75, 3.05) is 24.5 Å². The van der Waals surface area contributed by atoms with Crippen LogP contribution in [0, 0.1) is 0 Å². The summed E-state index contributed by atoms with van der Waals surface area (Å²) < 4.78 is 0.727. The lowest BCUT2D eigenvalue weighted by Crippen LogP contribution is -2.31. The number of hydrogen-bond acceptors (Lipinski definition) is 3. The first-order chi connectivity index (χ1) is 6.77. The number of nitrogens with one attached hydrogen (secondary N) is 1. The van der Waals surface area contributed by atoms with E-state index in [4.69, 9.17) is 11.6 Å². The maximum Gasteiger partial charge on any atom is 0.228 e. The Balaban J connectivity index is 2.18. The summed E-state index contributed by atoms with van der Waals surface area (Å²) in [7, 11) is 0. The average Bonchev–Trinajstić information content (AvgIpc) is 2.46. The van der Waals surface area contributed by atoms with Crippen LogP contribution in [-0.4, -0.2) is 25.5 Å². The Kier molecular flexibility index (Phi) is 3.05. The van der Waals surface area contributed by atoms with Crippen molar-refractivity contribution in [2.24, 2.45) is 0 Å². The number of anilines is 1. The normalized spacial score (nSPS) is 18.4. The van der Waals surface area contributed by atoms with Crippen LogP contribution in [0.2, 0.25) is 4.34 Å². The first-order valence-electron chi connectivity index (χ1n) is 4.54. The molecule has 1 fully saturated rings. The van der Waals surface area contributed by atoms with Gasteiger partial charge in [-0.05, 0) is 12.1 Å². The van der Waals surface area contributed by atoms with Crippen LogP contribution in [-0.2, 0) is 4.79 Å². The smallest absolute Gasteiger partial charge is 0.228 e. The second-order valence-electron chi connectivity index (χ2n) is 3.12. The Morgan fingerprint density at radius 3 is 3.00 bits per heavy atom. The van der Waals surface area contributed by atoms with Gasteiger partial charge in [0, 0.05) is 26.1 Å². The quantitative estimate of drug-likeness (QED) is 0.797. The van der Waals surface area contributed by atoms with E-state index in [1.807, 2.05) is 12.1 Å². The third-order valence-corrected chi connectivity index (χ3v) is 3.41. The van der Waals surface area contributed by atoms with Crippen LogP contribution < -0.4 is 10.2 Å². The third-order valence-electron chi connectivity index (χ3n) is 2.15. The fourth-order valence-corrected chi connectivity index (χ4v) is 2.53. The molecular weight excluding hydrogens is 220 g/mol. The summed E-state index contributed by atoms with van der Waals surface area (Å²) in [4.78, 5) is 13.5. The third kappa shape index (κ3) is 2.08. The number of halogens is 1. The standard InChI is InChI=1S/C9H11ClN2OS/c10-7-1-2-9(14-7)12-6-5-11-4-3-8(12)13/h1-2,11H,3-6H2. The molecule has 14 heavy (non-hydrogen) atoms. The number of carbonyl (C=O) groups excluding carboxylic acids is 1. The van der Waals surface area contributed by atoms with Crippen LogP contribution in [0.15, 0.2) is 12.1 Å². The van der Waals surface area contributed by atoms with E-state index in [0.29, 0.717) is 6.42 Å². The van der Waals surface area contributed by atoms with Crippen LogP contribution >= 0.6 is 22.9 Å². The van der Waals surface area contributed by atoms with Crippen LogP contribution in [0.3, 0.4) is 0 Å². The van der Waals surface area contributed by atoms with Gasteiger partial charge in [-0.25, -0.2) is 0 Å². The van der Waals surface area contributed by atoms with Crippen molar-refractivity contribution >= 4 is 33.8 Å². The molecule has 3 nitrogen and oxygen atoms in total. The molecule has 2 heterocycles. The van der Waals surface area contributed by atoms with E-state index < -0.39 is 0 Å². The minimum absolute atomic E-state index is 0.175. The average molecular weight is 231 g/mol. The molecule has 2 rings (SSSR count). The van der Waals surface area contributed by atoms with Crippen LogP contribution in [0.5, 0.6) is 0 Å². The molecule has 0 atom stereocenters. The Bertz CT molecular complexity index is 339. The first-order valence-corrected chi connectivity index (χ1v) is 5.73. The minimum Gasteiger partial charge on any atom is -0.314 e. The van der Waals surface area contributed by atoms with E-state index in [9.17, 15) is 4.79 Å². The summed E-state index contributed by atoms with van der Waals surface area (Å²) in [5.41, 5.74) is 0. The lowest BCUT2D eigenvalue weighted by molar-refractivity contribution is -0.118. The Hall–Kier alpha value is -0.580. The predicted molar refractivity (Wildman–Crippen MR) is 59.2 cm³/mol. The maximum atomic E-state index is 11.7. The van der Waals surface area contributed by atoms with Gasteiger partial charge in [-0.1, -0.05) is 11.6 Å². The molecule has 0 aliphatic carbocycles. The molecule has 1 aromatic rings. The molecule has 0 spiro atoms. The number of hydrogen-bond donors (Lipinski definition) is 1. The molecule has 0 bridgehead atoms. The van der Waals surface area contributed by atoms with Gasteiger partial charge in [0.05, 0.1) is 9.34 Å². The highest BCUT2D eigenvalue weighted by Gasteiger charge is 2.18. The fraction of sp³-hybridized carbons (Fsp3) is 0.444. The zero-order valence-electron chi connectivity index (χ0n) is 7.62. The predicted octanol–water partition coefficient (Wildman–Crippen LogP) is 1.73. The summed E-state index contributed by atoms with van der Waals surface area (Å²) >= 11 is 7.28. The molecular formula is C9H11ClN2OS. The van der Waals surface area contributed by atoms with Crippen molar-refractivity contribution in [3.05, 3.63) is 16.5 Å². The lowest BCUT2D eigenvalue weighted by Gasteiger charge is -2.17. The number of thiophene rings is 1. The number of carbonyl (C=O) groups is 1. The van der Waals surface area contributed by atoms with Crippen molar-refractivity contribution in [3.63, 3.8) is 0 Å². The maximum absolute atomic E-state index is 11.7. The summed E-state index contributed by atoms with van der Waals surface area (Å²) in [6.45, 7) is 2.35. The highest BCUT2D eigenvalue weighted by atomic mass is 35.5. The van der Waals surface area contributed by atoms with Gasteiger partial charge in [0.1, 0.15) is 0 Å². The van der Waals surface area contributed by atoms with E-state index in [0.717, 1.165) is 29.0 Å². The Morgan fingerprint density at radius 1 is 1.43 bits per heavy atom. The lowest BCUT2D eigenvalue weighted by atomic mass is 10.4. The molecule has 76 valence electrons. The first kappa shape index (κ1) is 9.96. The molecule has 0 radical (unpaired) electrons.